The smallest absolute Gasteiger partial charge is 0.260 e. The van der Waals surface area contributed by atoms with Gasteiger partial charge in [0.05, 0.1) is 17.2 Å². The van der Waals surface area contributed by atoms with Crippen LogP contribution >= 0.6 is 0 Å². The molecule has 2 aromatic carbocycles. The first kappa shape index (κ1) is 17.9. The van der Waals surface area contributed by atoms with Crippen LogP contribution in [0.3, 0.4) is 0 Å². The van der Waals surface area contributed by atoms with E-state index in [4.69, 9.17) is 4.52 Å². The average molecular weight is 376 g/mol. The van der Waals surface area contributed by atoms with Gasteiger partial charge in [-0.2, -0.15) is 4.98 Å². The summed E-state index contributed by atoms with van der Waals surface area (Å²) < 4.78 is 5.31. The maximum Gasteiger partial charge on any atom is 0.260 e. The number of benzene rings is 2. The molecule has 1 aliphatic heterocycles. The van der Waals surface area contributed by atoms with Crippen molar-refractivity contribution in [2.75, 3.05) is 16.8 Å². The maximum atomic E-state index is 12.8. The molecule has 0 aliphatic carbocycles. The first-order valence-corrected chi connectivity index (χ1v) is 9.24. The molecule has 0 saturated carbocycles. The zero-order chi connectivity index (χ0) is 19.5. The second kappa shape index (κ2) is 7.64. The fraction of sp³-hybridized carbons (Fsp3) is 0.238. The Morgan fingerprint density at radius 2 is 1.93 bits per heavy atom. The van der Waals surface area contributed by atoms with Gasteiger partial charge in [0.1, 0.15) is 0 Å². The van der Waals surface area contributed by atoms with Crippen LogP contribution in [0.1, 0.15) is 19.2 Å². The number of rotatable bonds is 5. The number of aromatic nitrogens is 2. The Morgan fingerprint density at radius 1 is 1.18 bits per heavy atom. The molecule has 1 saturated heterocycles. The summed E-state index contributed by atoms with van der Waals surface area (Å²) in [6.07, 6.45) is 0.848. The highest BCUT2D eigenvalue weighted by atomic mass is 16.5. The molecule has 0 spiro atoms. The molecule has 2 heterocycles. The van der Waals surface area contributed by atoms with Crippen LogP contribution in [0.4, 0.5) is 11.4 Å². The quantitative estimate of drug-likeness (QED) is 0.738. The van der Waals surface area contributed by atoms with Crippen molar-refractivity contribution in [3.63, 3.8) is 0 Å². The van der Waals surface area contributed by atoms with Crippen molar-refractivity contribution in [1.29, 1.82) is 0 Å². The van der Waals surface area contributed by atoms with Crippen molar-refractivity contribution >= 4 is 23.2 Å². The fourth-order valence-electron chi connectivity index (χ4n) is 3.26. The number of hydrogen-bond donors (Lipinski definition) is 1. The molecule has 0 unspecified atom stereocenters. The predicted octanol–water partition coefficient (Wildman–Crippen LogP) is 3.29. The second-order valence-corrected chi connectivity index (χ2v) is 6.65. The van der Waals surface area contributed by atoms with Gasteiger partial charge < -0.3 is 14.7 Å². The van der Waals surface area contributed by atoms with E-state index >= 15 is 0 Å². The SMILES string of the molecule is CCc1noc(-c2ccccc2NC(=O)[C@H]2CC(=O)N(c3ccccc3)C2)n1. The van der Waals surface area contributed by atoms with Gasteiger partial charge in [-0.15, -0.1) is 0 Å². The molecule has 7 heteroatoms. The number of anilines is 2. The Morgan fingerprint density at radius 3 is 2.68 bits per heavy atom. The molecule has 1 fully saturated rings. The van der Waals surface area contributed by atoms with Crippen molar-refractivity contribution in [2.24, 2.45) is 5.92 Å². The number of aryl methyl sites for hydroxylation is 1. The minimum absolute atomic E-state index is 0.0517. The molecule has 2 amide bonds. The van der Waals surface area contributed by atoms with Crippen LogP contribution in [0.5, 0.6) is 0 Å². The normalized spacial score (nSPS) is 16.4. The van der Waals surface area contributed by atoms with Gasteiger partial charge in [0.25, 0.3) is 5.89 Å². The van der Waals surface area contributed by atoms with Crippen LogP contribution in [0.15, 0.2) is 59.1 Å². The topological polar surface area (TPSA) is 88.3 Å². The van der Waals surface area contributed by atoms with Crippen molar-refractivity contribution in [1.82, 2.24) is 10.1 Å². The van der Waals surface area contributed by atoms with Crippen molar-refractivity contribution < 1.29 is 14.1 Å². The van der Waals surface area contributed by atoms with Crippen LogP contribution in [-0.2, 0) is 16.0 Å². The summed E-state index contributed by atoms with van der Waals surface area (Å²) >= 11 is 0. The monoisotopic (exact) mass is 376 g/mol. The fourth-order valence-corrected chi connectivity index (χ4v) is 3.26. The first-order chi connectivity index (χ1) is 13.7. The first-order valence-electron chi connectivity index (χ1n) is 9.24. The summed E-state index contributed by atoms with van der Waals surface area (Å²) in [5, 5.41) is 6.84. The van der Waals surface area contributed by atoms with Crippen molar-refractivity contribution in [3.8, 4) is 11.5 Å². The lowest BCUT2D eigenvalue weighted by Crippen LogP contribution is -2.28. The van der Waals surface area contributed by atoms with Gasteiger partial charge in [0, 0.05) is 25.1 Å². The van der Waals surface area contributed by atoms with Crippen LogP contribution in [-0.4, -0.2) is 28.5 Å². The molecular formula is C21H20N4O3. The van der Waals surface area contributed by atoms with Gasteiger partial charge in [0.2, 0.25) is 11.8 Å². The minimum Gasteiger partial charge on any atom is -0.334 e. The largest absolute Gasteiger partial charge is 0.334 e. The number of para-hydroxylation sites is 2. The number of carbonyl (C=O) groups excluding carboxylic acids is 2. The van der Waals surface area contributed by atoms with Crippen LogP contribution in [0, 0.1) is 5.92 Å². The average Bonchev–Trinajstić information content (AvgIpc) is 3.36. The molecule has 1 N–H and O–H groups in total. The van der Waals surface area contributed by atoms with Crippen LogP contribution < -0.4 is 10.2 Å². The highest BCUT2D eigenvalue weighted by Gasteiger charge is 2.35. The van der Waals surface area contributed by atoms with Gasteiger partial charge in [-0.05, 0) is 24.3 Å². The molecule has 3 aromatic rings. The van der Waals surface area contributed by atoms with E-state index in [9.17, 15) is 9.59 Å². The second-order valence-electron chi connectivity index (χ2n) is 6.65. The molecule has 142 valence electrons. The Labute approximate surface area is 162 Å². The number of hydrogen-bond acceptors (Lipinski definition) is 5. The van der Waals surface area contributed by atoms with E-state index in [-0.39, 0.29) is 18.2 Å². The zero-order valence-electron chi connectivity index (χ0n) is 15.5. The molecule has 0 radical (unpaired) electrons. The molecule has 0 bridgehead atoms. The molecule has 4 rings (SSSR count). The summed E-state index contributed by atoms with van der Waals surface area (Å²) in [4.78, 5) is 31.2. The van der Waals surface area contributed by atoms with E-state index in [2.05, 4.69) is 15.5 Å². The predicted molar refractivity (Wildman–Crippen MR) is 105 cm³/mol. The lowest BCUT2D eigenvalue weighted by Gasteiger charge is -2.16. The van der Waals surface area contributed by atoms with Gasteiger partial charge in [-0.3, -0.25) is 9.59 Å². The third-order valence-corrected chi connectivity index (χ3v) is 4.76. The highest BCUT2D eigenvalue weighted by Crippen LogP contribution is 2.29. The van der Waals surface area contributed by atoms with Crippen LogP contribution in [0.2, 0.25) is 0 Å². The third-order valence-electron chi connectivity index (χ3n) is 4.76. The lowest BCUT2D eigenvalue weighted by atomic mass is 10.1. The molecule has 28 heavy (non-hydrogen) atoms. The molecule has 1 aromatic heterocycles. The Bertz CT molecular complexity index is 1000. The highest BCUT2D eigenvalue weighted by molar-refractivity contribution is 6.04. The zero-order valence-corrected chi connectivity index (χ0v) is 15.5. The number of nitrogens with zero attached hydrogens (tertiary/aromatic N) is 3. The number of carbonyl (C=O) groups is 2. The van der Waals surface area contributed by atoms with Gasteiger partial charge in [-0.1, -0.05) is 42.4 Å². The molecule has 1 atom stereocenters. The third kappa shape index (κ3) is 3.51. The molecular weight excluding hydrogens is 356 g/mol. The summed E-state index contributed by atoms with van der Waals surface area (Å²) in [6.45, 7) is 2.30. The molecule has 7 nitrogen and oxygen atoms in total. The Hall–Kier alpha value is -3.48. The Balaban J connectivity index is 1.51. The summed E-state index contributed by atoms with van der Waals surface area (Å²) in [5.41, 5.74) is 2.05. The standard InChI is InChI=1S/C21H20N4O3/c1-2-18-23-21(28-24-18)16-10-6-7-11-17(16)22-20(27)14-12-19(26)25(13-14)15-8-4-3-5-9-15/h3-11,14H,2,12-13H2,1H3,(H,22,27)/t14-/m0/s1. The van der Waals surface area contributed by atoms with E-state index in [1.54, 1.807) is 11.0 Å². The van der Waals surface area contributed by atoms with E-state index in [0.717, 1.165) is 5.69 Å². The number of nitrogens with one attached hydrogen (secondary N) is 1. The van der Waals surface area contributed by atoms with Crippen molar-refractivity contribution in [3.05, 3.63) is 60.4 Å². The Kier molecular flexibility index (Phi) is 4.89. The lowest BCUT2D eigenvalue weighted by molar-refractivity contribution is -0.122. The van der Waals surface area contributed by atoms with E-state index in [1.165, 1.54) is 0 Å². The summed E-state index contributed by atoms with van der Waals surface area (Å²) in [7, 11) is 0. The van der Waals surface area contributed by atoms with Crippen molar-refractivity contribution in [2.45, 2.75) is 19.8 Å². The minimum atomic E-state index is -0.422. The van der Waals surface area contributed by atoms with E-state index < -0.39 is 5.92 Å². The van der Waals surface area contributed by atoms with Crippen LogP contribution in [0.25, 0.3) is 11.5 Å². The molecule has 1 aliphatic rings. The van der Waals surface area contributed by atoms with Gasteiger partial charge in [-0.25, -0.2) is 0 Å². The van der Waals surface area contributed by atoms with E-state index in [1.807, 2.05) is 55.5 Å². The summed E-state index contributed by atoms with van der Waals surface area (Å²) in [6, 6.07) is 16.7. The number of amides is 2. The van der Waals surface area contributed by atoms with Gasteiger partial charge in [0.15, 0.2) is 5.82 Å². The van der Waals surface area contributed by atoms with Gasteiger partial charge >= 0.3 is 0 Å². The maximum absolute atomic E-state index is 12.8. The summed E-state index contributed by atoms with van der Waals surface area (Å²) in [5.74, 6) is 0.297. The van der Waals surface area contributed by atoms with E-state index in [0.29, 0.717) is 35.9 Å².